The molecule has 1 heterocycles. The number of hydrogen-bond donors (Lipinski definition) is 2. The van der Waals surface area contributed by atoms with Crippen molar-refractivity contribution in [2.45, 2.75) is 26.3 Å². The molecule has 1 aromatic heterocycles. The number of guanidine groups is 1. The Morgan fingerprint density at radius 1 is 1.10 bits per heavy atom. The summed E-state index contributed by atoms with van der Waals surface area (Å²) in [5, 5.41) is 15.2. The summed E-state index contributed by atoms with van der Waals surface area (Å²) in [5.41, 5.74) is 1.24. The van der Waals surface area contributed by atoms with E-state index in [0.29, 0.717) is 6.54 Å². The molecule has 0 bridgehead atoms. The second-order valence-electron chi connectivity index (χ2n) is 7.49. The van der Waals surface area contributed by atoms with Crippen molar-refractivity contribution in [1.82, 2.24) is 30.3 Å². The van der Waals surface area contributed by atoms with Crippen molar-refractivity contribution in [2.24, 2.45) is 12.0 Å². The molecular weight excluding hydrogens is 394 g/mol. The summed E-state index contributed by atoms with van der Waals surface area (Å²) in [6, 6.07) is 8.14. The molecule has 2 N–H and O–H groups in total. The van der Waals surface area contributed by atoms with Crippen LogP contribution in [-0.2, 0) is 24.8 Å². The van der Waals surface area contributed by atoms with E-state index < -0.39 is 0 Å². The van der Waals surface area contributed by atoms with E-state index in [-0.39, 0.29) is 0 Å². The average Bonchev–Trinajstić information content (AvgIpc) is 3.10. The molecule has 0 spiro atoms. The second kappa shape index (κ2) is 13.6. The smallest absolute Gasteiger partial charge is 0.191 e. The molecule has 0 fully saturated rings. The normalized spacial score (nSPS) is 11.7. The van der Waals surface area contributed by atoms with Gasteiger partial charge < -0.3 is 29.6 Å². The Balaban J connectivity index is 1.87. The van der Waals surface area contributed by atoms with Gasteiger partial charge in [0, 0.05) is 46.9 Å². The molecule has 0 aliphatic rings. The lowest BCUT2D eigenvalue weighted by atomic mass is 10.1. The van der Waals surface area contributed by atoms with E-state index in [0.717, 1.165) is 69.0 Å². The van der Waals surface area contributed by atoms with Gasteiger partial charge in [-0.05, 0) is 44.5 Å². The van der Waals surface area contributed by atoms with Gasteiger partial charge in [-0.3, -0.25) is 0 Å². The van der Waals surface area contributed by atoms with Gasteiger partial charge >= 0.3 is 0 Å². The van der Waals surface area contributed by atoms with Gasteiger partial charge in [-0.1, -0.05) is 12.1 Å². The third-order valence-electron chi connectivity index (χ3n) is 5.10. The number of aliphatic imine (C=N–C) groups is 1. The first-order valence-corrected chi connectivity index (χ1v) is 10.7. The second-order valence-corrected chi connectivity index (χ2v) is 7.49. The van der Waals surface area contributed by atoms with Gasteiger partial charge in [0.25, 0.3) is 0 Å². The Bertz CT molecular complexity index is 790. The highest BCUT2D eigenvalue weighted by atomic mass is 16.5. The van der Waals surface area contributed by atoms with Crippen LogP contribution < -0.4 is 15.4 Å². The minimum Gasteiger partial charge on any atom is -0.497 e. The molecule has 0 aliphatic heterocycles. The number of aryl methyl sites for hydroxylation is 1. The Morgan fingerprint density at radius 3 is 2.48 bits per heavy atom. The number of hydrogen-bond acceptors (Lipinski definition) is 6. The Labute approximate surface area is 185 Å². The monoisotopic (exact) mass is 431 g/mol. The molecule has 0 aliphatic carbocycles. The van der Waals surface area contributed by atoms with Crippen LogP contribution in [0.25, 0.3) is 0 Å². The maximum Gasteiger partial charge on any atom is 0.191 e. The van der Waals surface area contributed by atoms with Gasteiger partial charge in [0.1, 0.15) is 18.1 Å². The lowest BCUT2D eigenvalue weighted by Crippen LogP contribution is -2.42. The number of nitrogens with one attached hydrogen (secondary N) is 2. The largest absolute Gasteiger partial charge is 0.497 e. The zero-order valence-corrected chi connectivity index (χ0v) is 19.5. The fourth-order valence-corrected chi connectivity index (χ4v) is 2.99. The molecule has 0 amide bonds. The highest BCUT2D eigenvalue weighted by Gasteiger charge is 2.06. The summed E-state index contributed by atoms with van der Waals surface area (Å²) in [7, 11) is 7.49. The lowest BCUT2D eigenvalue weighted by molar-refractivity contribution is 0.180. The van der Waals surface area contributed by atoms with Crippen molar-refractivity contribution in [1.29, 1.82) is 0 Å². The number of aromatic nitrogens is 3. The number of ether oxygens (including phenoxy) is 2. The van der Waals surface area contributed by atoms with E-state index in [1.165, 1.54) is 5.56 Å². The van der Waals surface area contributed by atoms with Gasteiger partial charge in [-0.2, -0.15) is 0 Å². The molecular formula is C22H37N7O2. The van der Waals surface area contributed by atoms with Gasteiger partial charge in [0.2, 0.25) is 0 Å². The molecule has 0 saturated carbocycles. The SMILES string of the molecule is COCCCN(C)CCNC(=NCc1nnc(C)n1C)NCCc1ccc(OC)cc1. The summed E-state index contributed by atoms with van der Waals surface area (Å²) >= 11 is 0. The fourth-order valence-electron chi connectivity index (χ4n) is 2.99. The van der Waals surface area contributed by atoms with Crippen molar-refractivity contribution in [2.75, 3.05) is 54.1 Å². The molecule has 2 aromatic rings. The zero-order valence-electron chi connectivity index (χ0n) is 19.5. The van der Waals surface area contributed by atoms with E-state index in [2.05, 4.69) is 44.9 Å². The quantitative estimate of drug-likeness (QED) is 0.281. The zero-order chi connectivity index (χ0) is 22.5. The van der Waals surface area contributed by atoms with Crippen LogP contribution in [0.15, 0.2) is 29.3 Å². The van der Waals surface area contributed by atoms with Crippen molar-refractivity contribution in [3.05, 3.63) is 41.5 Å². The third kappa shape index (κ3) is 8.94. The predicted octanol–water partition coefficient (Wildman–Crippen LogP) is 1.38. The molecule has 2 rings (SSSR count). The van der Waals surface area contributed by atoms with Crippen molar-refractivity contribution < 1.29 is 9.47 Å². The number of benzene rings is 1. The van der Waals surface area contributed by atoms with Crippen LogP contribution in [0.4, 0.5) is 0 Å². The maximum atomic E-state index is 5.22. The first kappa shape index (κ1) is 24.6. The lowest BCUT2D eigenvalue weighted by Gasteiger charge is -2.18. The van der Waals surface area contributed by atoms with E-state index in [1.54, 1.807) is 14.2 Å². The number of methoxy groups -OCH3 is 2. The average molecular weight is 432 g/mol. The minimum atomic E-state index is 0.471. The van der Waals surface area contributed by atoms with Crippen LogP contribution in [0.5, 0.6) is 5.75 Å². The van der Waals surface area contributed by atoms with Gasteiger partial charge in [-0.15, -0.1) is 10.2 Å². The molecule has 172 valence electrons. The Hall–Kier alpha value is -2.65. The van der Waals surface area contributed by atoms with E-state index >= 15 is 0 Å². The standard InChI is InChI=1S/C22H37N7O2/c1-18-26-27-21(29(18)3)17-25-22(24-13-15-28(2)14-6-16-30-4)23-12-11-19-7-9-20(31-5)10-8-19/h7-10H,6,11-17H2,1-5H3,(H2,23,24,25). The highest BCUT2D eigenvalue weighted by Crippen LogP contribution is 2.11. The summed E-state index contributed by atoms with van der Waals surface area (Å²) < 4.78 is 12.3. The number of nitrogens with zero attached hydrogens (tertiary/aromatic N) is 5. The first-order valence-electron chi connectivity index (χ1n) is 10.7. The van der Waals surface area contributed by atoms with Crippen molar-refractivity contribution in [3.8, 4) is 5.75 Å². The summed E-state index contributed by atoms with van der Waals surface area (Å²) in [6.07, 6.45) is 1.92. The molecule has 9 heteroatoms. The Morgan fingerprint density at radius 2 is 1.84 bits per heavy atom. The van der Waals surface area contributed by atoms with Gasteiger partial charge in [0.05, 0.1) is 7.11 Å². The summed E-state index contributed by atoms with van der Waals surface area (Å²) in [6.45, 7) is 6.70. The third-order valence-corrected chi connectivity index (χ3v) is 5.10. The maximum absolute atomic E-state index is 5.22. The van der Waals surface area contributed by atoms with Crippen LogP contribution in [0.2, 0.25) is 0 Å². The molecule has 31 heavy (non-hydrogen) atoms. The molecule has 0 atom stereocenters. The van der Waals surface area contributed by atoms with Gasteiger partial charge in [-0.25, -0.2) is 4.99 Å². The van der Waals surface area contributed by atoms with Crippen LogP contribution in [0, 0.1) is 6.92 Å². The van der Waals surface area contributed by atoms with Crippen LogP contribution in [0.1, 0.15) is 23.6 Å². The highest BCUT2D eigenvalue weighted by molar-refractivity contribution is 5.79. The molecule has 0 unspecified atom stereocenters. The predicted molar refractivity (Wildman–Crippen MR) is 124 cm³/mol. The van der Waals surface area contributed by atoms with Crippen molar-refractivity contribution >= 4 is 5.96 Å². The number of rotatable bonds is 13. The van der Waals surface area contributed by atoms with Crippen LogP contribution in [0.3, 0.4) is 0 Å². The van der Waals surface area contributed by atoms with Crippen LogP contribution in [-0.4, -0.2) is 79.7 Å². The molecule has 0 radical (unpaired) electrons. The van der Waals surface area contributed by atoms with Crippen molar-refractivity contribution in [3.63, 3.8) is 0 Å². The Kier molecular flexibility index (Phi) is 10.8. The van der Waals surface area contributed by atoms with E-state index in [4.69, 9.17) is 14.5 Å². The summed E-state index contributed by atoms with van der Waals surface area (Å²) in [4.78, 5) is 7.00. The summed E-state index contributed by atoms with van der Waals surface area (Å²) in [5.74, 6) is 3.36. The van der Waals surface area contributed by atoms with E-state index in [9.17, 15) is 0 Å². The fraction of sp³-hybridized carbons (Fsp3) is 0.591. The number of likely N-dealkylation sites (N-methyl/N-ethyl adjacent to an activating group) is 1. The van der Waals surface area contributed by atoms with Gasteiger partial charge in [0.15, 0.2) is 11.8 Å². The van der Waals surface area contributed by atoms with Crippen LogP contribution >= 0.6 is 0 Å². The molecule has 1 aromatic carbocycles. The molecule has 9 nitrogen and oxygen atoms in total. The minimum absolute atomic E-state index is 0.471. The van der Waals surface area contributed by atoms with E-state index in [1.807, 2.05) is 30.7 Å². The first-order chi connectivity index (χ1) is 15.0. The topological polar surface area (TPSA) is 88.8 Å². The molecule has 0 saturated heterocycles.